The average molecular weight is 320 g/mol. The van der Waals surface area contributed by atoms with Gasteiger partial charge >= 0.3 is 0 Å². The van der Waals surface area contributed by atoms with Crippen LogP contribution in [0.25, 0.3) is 0 Å². The van der Waals surface area contributed by atoms with Crippen LogP contribution >= 0.6 is 24.0 Å². The molecule has 0 atom stereocenters. The summed E-state index contributed by atoms with van der Waals surface area (Å²) < 4.78 is 0. The maximum atomic E-state index is 12.0. The number of amides is 1. The normalized spacial score (nSPS) is 15.7. The van der Waals surface area contributed by atoms with E-state index in [0.717, 1.165) is 19.3 Å². The molecule has 1 fully saturated rings. The van der Waals surface area contributed by atoms with E-state index < -0.39 is 10.8 Å². The summed E-state index contributed by atoms with van der Waals surface area (Å²) in [4.78, 5) is 22.3. The number of nitro benzene ring substituents is 1. The van der Waals surface area contributed by atoms with Crippen molar-refractivity contribution in [3.63, 3.8) is 0 Å². The van der Waals surface area contributed by atoms with Crippen molar-refractivity contribution in [1.82, 2.24) is 5.32 Å². The average Bonchev–Trinajstić information content (AvgIpc) is 2.33. The molecule has 1 aliphatic rings. The van der Waals surface area contributed by atoms with Gasteiger partial charge in [0.25, 0.3) is 11.6 Å². The fourth-order valence-corrected chi connectivity index (χ4v) is 2.30. The summed E-state index contributed by atoms with van der Waals surface area (Å²) in [6, 6.07) is 4.14. The van der Waals surface area contributed by atoms with Crippen molar-refractivity contribution >= 4 is 35.6 Å². The van der Waals surface area contributed by atoms with Crippen LogP contribution in [0.4, 0.5) is 5.69 Å². The maximum Gasteiger partial charge on any atom is 0.283 e. The van der Waals surface area contributed by atoms with Crippen molar-refractivity contribution in [3.05, 3.63) is 38.9 Å². The fourth-order valence-electron chi connectivity index (χ4n) is 2.04. The van der Waals surface area contributed by atoms with E-state index >= 15 is 0 Å². The molecule has 1 amide bonds. The third-order valence-electron chi connectivity index (χ3n) is 3.37. The minimum absolute atomic E-state index is 0. The minimum Gasteiger partial charge on any atom is -0.350 e. The highest BCUT2D eigenvalue weighted by atomic mass is 35.5. The lowest BCUT2D eigenvalue weighted by atomic mass is 9.78. The number of rotatable bonds is 4. The molecule has 3 N–H and O–H groups in total. The van der Waals surface area contributed by atoms with E-state index in [-0.39, 0.29) is 34.2 Å². The Kier molecular flexibility index (Phi) is 5.33. The Morgan fingerprint density at radius 3 is 2.65 bits per heavy atom. The number of nitrogens with two attached hydrogens (primary N) is 1. The molecule has 8 heteroatoms. The summed E-state index contributed by atoms with van der Waals surface area (Å²) in [5.74, 6) is -0.561. The maximum absolute atomic E-state index is 12.0. The first kappa shape index (κ1) is 16.7. The molecule has 0 heterocycles. The Bertz CT molecular complexity index is 533. The second-order valence-corrected chi connectivity index (χ2v) is 5.20. The Morgan fingerprint density at radius 1 is 1.50 bits per heavy atom. The van der Waals surface area contributed by atoms with E-state index in [4.69, 9.17) is 17.3 Å². The highest BCUT2D eigenvalue weighted by Crippen LogP contribution is 2.29. The standard InChI is InChI=1S/C12H14ClN3O3.ClH/c13-8-3-1-4-9(16(18)19)10(8)11(17)15-7-12(14)5-2-6-12;/h1,3-4H,2,5-7,14H2,(H,15,17);1H. The Balaban J connectivity index is 0.00000200. The molecule has 1 aromatic carbocycles. The molecular weight excluding hydrogens is 305 g/mol. The van der Waals surface area contributed by atoms with Gasteiger partial charge in [0.05, 0.1) is 9.95 Å². The van der Waals surface area contributed by atoms with Gasteiger partial charge in [-0.25, -0.2) is 0 Å². The fraction of sp³-hybridized carbons (Fsp3) is 0.417. The van der Waals surface area contributed by atoms with Gasteiger partial charge in [0, 0.05) is 18.2 Å². The summed E-state index contributed by atoms with van der Waals surface area (Å²) in [7, 11) is 0. The van der Waals surface area contributed by atoms with Crippen molar-refractivity contribution in [3.8, 4) is 0 Å². The van der Waals surface area contributed by atoms with Gasteiger partial charge in [0.15, 0.2) is 0 Å². The van der Waals surface area contributed by atoms with Crippen molar-refractivity contribution in [2.75, 3.05) is 6.54 Å². The van der Waals surface area contributed by atoms with Crippen LogP contribution in [0.15, 0.2) is 18.2 Å². The Morgan fingerprint density at radius 2 is 2.15 bits per heavy atom. The topological polar surface area (TPSA) is 98.3 Å². The van der Waals surface area contributed by atoms with E-state index in [1.807, 2.05) is 0 Å². The predicted octanol–water partition coefficient (Wildman–Crippen LogP) is 2.28. The number of carbonyl (C=O) groups is 1. The van der Waals surface area contributed by atoms with Gasteiger partial charge in [0.2, 0.25) is 0 Å². The van der Waals surface area contributed by atoms with Crippen LogP contribution in [-0.2, 0) is 0 Å². The number of carbonyl (C=O) groups excluding carboxylic acids is 1. The van der Waals surface area contributed by atoms with Crippen LogP contribution in [0.3, 0.4) is 0 Å². The van der Waals surface area contributed by atoms with E-state index in [0.29, 0.717) is 6.54 Å². The second kappa shape index (κ2) is 6.39. The number of hydrogen-bond donors (Lipinski definition) is 2. The summed E-state index contributed by atoms with van der Waals surface area (Å²) in [5, 5.41) is 13.6. The molecule has 20 heavy (non-hydrogen) atoms. The number of nitro groups is 1. The SMILES string of the molecule is Cl.NC1(CNC(=O)c2c(Cl)cccc2[N+](=O)[O-])CCC1. The van der Waals surface area contributed by atoms with Gasteiger partial charge in [-0.05, 0) is 25.3 Å². The first-order valence-corrected chi connectivity index (χ1v) is 6.31. The van der Waals surface area contributed by atoms with Crippen molar-refractivity contribution in [2.45, 2.75) is 24.8 Å². The minimum atomic E-state index is -0.623. The van der Waals surface area contributed by atoms with Crippen LogP contribution in [0.2, 0.25) is 5.02 Å². The van der Waals surface area contributed by atoms with E-state index in [2.05, 4.69) is 5.32 Å². The number of nitrogens with zero attached hydrogens (tertiary/aromatic N) is 1. The van der Waals surface area contributed by atoms with Crippen molar-refractivity contribution < 1.29 is 9.72 Å². The molecule has 1 aromatic rings. The smallest absolute Gasteiger partial charge is 0.283 e. The molecule has 2 rings (SSSR count). The quantitative estimate of drug-likeness (QED) is 0.657. The highest BCUT2D eigenvalue weighted by Gasteiger charge is 2.33. The lowest BCUT2D eigenvalue weighted by Crippen LogP contribution is -2.55. The van der Waals surface area contributed by atoms with E-state index in [1.165, 1.54) is 18.2 Å². The summed E-state index contributed by atoms with van der Waals surface area (Å²) in [5.41, 5.74) is 5.19. The Labute approximate surface area is 127 Å². The van der Waals surface area contributed by atoms with Gasteiger partial charge in [-0.15, -0.1) is 12.4 Å². The molecular formula is C12H15Cl2N3O3. The van der Waals surface area contributed by atoms with Crippen LogP contribution < -0.4 is 11.1 Å². The van der Waals surface area contributed by atoms with Gasteiger partial charge < -0.3 is 11.1 Å². The molecule has 110 valence electrons. The lowest BCUT2D eigenvalue weighted by Gasteiger charge is -2.38. The van der Waals surface area contributed by atoms with Gasteiger partial charge in [-0.3, -0.25) is 14.9 Å². The molecule has 0 aliphatic heterocycles. The predicted molar refractivity (Wildman–Crippen MR) is 78.5 cm³/mol. The molecule has 0 spiro atoms. The summed E-state index contributed by atoms with van der Waals surface area (Å²) in [6.45, 7) is 0.300. The summed E-state index contributed by atoms with van der Waals surface area (Å²) >= 11 is 5.87. The van der Waals surface area contributed by atoms with Crippen LogP contribution in [0.5, 0.6) is 0 Å². The molecule has 0 aromatic heterocycles. The third kappa shape index (κ3) is 3.39. The van der Waals surface area contributed by atoms with Gasteiger partial charge in [-0.1, -0.05) is 17.7 Å². The molecule has 0 bridgehead atoms. The van der Waals surface area contributed by atoms with E-state index in [1.54, 1.807) is 0 Å². The number of nitrogens with one attached hydrogen (secondary N) is 1. The van der Waals surface area contributed by atoms with Crippen LogP contribution in [0, 0.1) is 10.1 Å². The lowest BCUT2D eigenvalue weighted by molar-refractivity contribution is -0.385. The van der Waals surface area contributed by atoms with Gasteiger partial charge in [0.1, 0.15) is 5.56 Å². The van der Waals surface area contributed by atoms with E-state index in [9.17, 15) is 14.9 Å². The zero-order chi connectivity index (χ0) is 14.0. The molecule has 1 saturated carbocycles. The number of halogens is 2. The van der Waals surface area contributed by atoms with Crippen LogP contribution in [0.1, 0.15) is 29.6 Å². The zero-order valence-electron chi connectivity index (χ0n) is 10.6. The van der Waals surface area contributed by atoms with Crippen molar-refractivity contribution in [1.29, 1.82) is 0 Å². The molecule has 0 unspecified atom stereocenters. The third-order valence-corrected chi connectivity index (χ3v) is 3.68. The number of hydrogen-bond acceptors (Lipinski definition) is 4. The first-order chi connectivity index (χ1) is 8.93. The monoisotopic (exact) mass is 319 g/mol. The first-order valence-electron chi connectivity index (χ1n) is 5.93. The molecule has 6 nitrogen and oxygen atoms in total. The second-order valence-electron chi connectivity index (χ2n) is 4.79. The molecule has 0 radical (unpaired) electrons. The van der Waals surface area contributed by atoms with Crippen molar-refractivity contribution in [2.24, 2.45) is 5.73 Å². The largest absolute Gasteiger partial charge is 0.350 e. The number of benzene rings is 1. The zero-order valence-corrected chi connectivity index (χ0v) is 12.2. The van der Waals surface area contributed by atoms with Crippen LogP contribution in [-0.4, -0.2) is 22.9 Å². The molecule has 1 aliphatic carbocycles. The molecule has 0 saturated heterocycles. The summed E-state index contributed by atoms with van der Waals surface area (Å²) in [6.07, 6.45) is 2.73. The van der Waals surface area contributed by atoms with Gasteiger partial charge in [-0.2, -0.15) is 0 Å². The Hall–Kier alpha value is -1.37. The highest BCUT2D eigenvalue weighted by molar-refractivity contribution is 6.34.